The Morgan fingerprint density at radius 2 is 2.07 bits per heavy atom. The van der Waals surface area contributed by atoms with E-state index in [9.17, 15) is 4.79 Å². The molecule has 3 nitrogen and oxygen atoms in total. The number of hydrogen-bond donors (Lipinski definition) is 2. The second kappa shape index (κ2) is 5.72. The van der Waals surface area contributed by atoms with Gasteiger partial charge in [-0.25, -0.2) is 4.79 Å². The lowest BCUT2D eigenvalue weighted by atomic mass is 10.1. The number of aliphatic carboxylic acids is 1. The Hall–Kier alpha value is -1.07. The highest BCUT2D eigenvalue weighted by Crippen LogP contribution is 2.07. The molecule has 5 heteroatoms. The van der Waals surface area contributed by atoms with Gasteiger partial charge in [0.05, 0.1) is 0 Å². The molecule has 15 heavy (non-hydrogen) atoms. The van der Waals surface area contributed by atoms with E-state index in [2.05, 4.69) is 24.8 Å². The van der Waals surface area contributed by atoms with Gasteiger partial charge in [0.15, 0.2) is 0 Å². The number of thiol groups is 1. The topological polar surface area (TPSA) is 46.5 Å². The lowest BCUT2D eigenvalue weighted by molar-refractivity contribution is -0.145. The molecular formula is C10H10O3S2. The maximum absolute atomic E-state index is 10.8. The average molecular weight is 242 g/mol. The van der Waals surface area contributed by atoms with Gasteiger partial charge in [-0.3, -0.25) is 0 Å². The molecule has 80 valence electrons. The summed E-state index contributed by atoms with van der Waals surface area (Å²) in [6, 6.07) is 9.21. The van der Waals surface area contributed by atoms with Gasteiger partial charge in [-0.2, -0.15) is 0 Å². The van der Waals surface area contributed by atoms with Crippen molar-refractivity contribution >= 4 is 35.2 Å². The Morgan fingerprint density at radius 3 is 2.53 bits per heavy atom. The van der Waals surface area contributed by atoms with E-state index < -0.39 is 12.1 Å². The molecule has 0 saturated carbocycles. The largest absolute Gasteiger partial charge is 0.478 e. The first-order valence-electron chi connectivity index (χ1n) is 4.26. The molecule has 1 N–H and O–H groups in total. The summed E-state index contributed by atoms with van der Waals surface area (Å²) in [4.78, 5) is 10.8. The number of carboxylic acid groups (broad SMARTS) is 1. The molecule has 0 unspecified atom stereocenters. The first kappa shape index (κ1) is 12.0. The molecule has 0 saturated heterocycles. The van der Waals surface area contributed by atoms with Crippen molar-refractivity contribution in [3.63, 3.8) is 0 Å². The lowest BCUT2D eigenvalue weighted by Gasteiger charge is -2.13. The van der Waals surface area contributed by atoms with Gasteiger partial charge in [0.25, 0.3) is 0 Å². The van der Waals surface area contributed by atoms with Gasteiger partial charge in [0, 0.05) is 6.42 Å². The van der Waals surface area contributed by atoms with Crippen molar-refractivity contribution in [3.05, 3.63) is 35.9 Å². The quantitative estimate of drug-likeness (QED) is 0.625. The summed E-state index contributed by atoms with van der Waals surface area (Å²) in [6.07, 6.45) is -0.700. The van der Waals surface area contributed by atoms with E-state index in [-0.39, 0.29) is 10.8 Å². The fraction of sp³-hybridized carbons (Fsp3) is 0.200. The van der Waals surface area contributed by atoms with E-state index in [1.54, 1.807) is 0 Å². The Morgan fingerprint density at radius 1 is 1.47 bits per heavy atom. The summed E-state index contributed by atoms with van der Waals surface area (Å²) < 4.78 is 4.85. The zero-order valence-corrected chi connectivity index (χ0v) is 9.50. The SMILES string of the molecule is O=C(O)[C@H](Cc1ccccc1)OC(=S)S. The summed E-state index contributed by atoms with van der Waals surface area (Å²) in [7, 11) is 0. The van der Waals surface area contributed by atoms with Crippen molar-refractivity contribution in [2.75, 3.05) is 0 Å². The Balaban J connectivity index is 2.67. The van der Waals surface area contributed by atoms with Gasteiger partial charge < -0.3 is 9.84 Å². The van der Waals surface area contributed by atoms with Crippen LogP contribution >= 0.6 is 24.8 Å². The first-order valence-corrected chi connectivity index (χ1v) is 5.11. The number of ether oxygens (including phenoxy) is 1. The van der Waals surface area contributed by atoms with E-state index in [0.29, 0.717) is 0 Å². The molecule has 0 aliphatic rings. The zero-order valence-electron chi connectivity index (χ0n) is 7.79. The molecule has 0 amide bonds. The van der Waals surface area contributed by atoms with Crippen molar-refractivity contribution in [1.82, 2.24) is 0 Å². The van der Waals surface area contributed by atoms with E-state index in [0.717, 1.165) is 5.56 Å². The molecule has 0 aromatic heterocycles. The molecular weight excluding hydrogens is 232 g/mol. The third-order valence-corrected chi connectivity index (χ3v) is 1.98. The highest BCUT2D eigenvalue weighted by atomic mass is 32.1. The standard InChI is InChI=1S/C10H10O3S2/c11-9(12)8(13-10(14)15)6-7-4-2-1-3-5-7/h1-5,8H,6H2,(H,11,12)(H,14,15)/t8-/m0/s1. The summed E-state index contributed by atoms with van der Waals surface area (Å²) >= 11 is 8.33. The van der Waals surface area contributed by atoms with Crippen LogP contribution in [0.15, 0.2) is 30.3 Å². The van der Waals surface area contributed by atoms with E-state index in [1.807, 2.05) is 30.3 Å². The number of carbonyl (C=O) groups is 1. The monoisotopic (exact) mass is 242 g/mol. The van der Waals surface area contributed by atoms with Crippen LogP contribution in [0.4, 0.5) is 0 Å². The second-order valence-corrected chi connectivity index (χ2v) is 3.98. The fourth-order valence-corrected chi connectivity index (χ4v) is 1.37. The minimum Gasteiger partial charge on any atom is -0.478 e. The highest BCUT2D eigenvalue weighted by Gasteiger charge is 2.19. The average Bonchev–Trinajstić information content (AvgIpc) is 2.17. The Labute approximate surface area is 98.5 Å². The highest BCUT2D eigenvalue weighted by molar-refractivity contribution is 8.10. The molecule has 0 fully saturated rings. The minimum atomic E-state index is -1.05. The van der Waals surface area contributed by atoms with Crippen molar-refractivity contribution < 1.29 is 14.6 Å². The number of rotatable bonds is 4. The normalized spacial score (nSPS) is 11.8. The van der Waals surface area contributed by atoms with Crippen LogP contribution in [0.5, 0.6) is 0 Å². The Bertz CT molecular complexity index is 351. The summed E-state index contributed by atoms with van der Waals surface area (Å²) in [5.41, 5.74) is 0.884. The molecule has 0 bridgehead atoms. The Kier molecular flexibility index (Phi) is 4.58. The van der Waals surface area contributed by atoms with Crippen LogP contribution in [0.1, 0.15) is 5.56 Å². The maximum atomic E-state index is 10.8. The number of hydrogen-bond acceptors (Lipinski definition) is 3. The molecule has 0 heterocycles. The van der Waals surface area contributed by atoms with Gasteiger partial charge in [-0.05, 0) is 17.8 Å². The van der Waals surface area contributed by atoms with Crippen LogP contribution in [0.3, 0.4) is 0 Å². The minimum absolute atomic E-state index is 0.0571. The van der Waals surface area contributed by atoms with Crippen LogP contribution in [0, 0.1) is 0 Å². The second-order valence-electron chi connectivity index (χ2n) is 2.90. The molecule has 1 aromatic carbocycles. The van der Waals surface area contributed by atoms with Crippen molar-refractivity contribution in [2.45, 2.75) is 12.5 Å². The third kappa shape index (κ3) is 4.31. The maximum Gasteiger partial charge on any atom is 0.345 e. The van der Waals surface area contributed by atoms with Gasteiger partial charge in [0.2, 0.25) is 10.5 Å². The van der Waals surface area contributed by atoms with Crippen molar-refractivity contribution in [1.29, 1.82) is 0 Å². The van der Waals surface area contributed by atoms with Crippen LogP contribution in [-0.2, 0) is 16.0 Å². The van der Waals surface area contributed by atoms with Crippen LogP contribution in [-0.4, -0.2) is 21.6 Å². The van der Waals surface area contributed by atoms with Gasteiger partial charge in [-0.1, -0.05) is 43.0 Å². The predicted octanol–water partition coefficient (Wildman–Crippen LogP) is 1.91. The van der Waals surface area contributed by atoms with E-state index in [4.69, 9.17) is 9.84 Å². The van der Waals surface area contributed by atoms with Crippen LogP contribution in [0.2, 0.25) is 0 Å². The predicted molar refractivity (Wildman–Crippen MR) is 64.2 cm³/mol. The number of carboxylic acids is 1. The number of thiocarbonyl (C=S) groups is 1. The van der Waals surface area contributed by atoms with Crippen LogP contribution < -0.4 is 0 Å². The summed E-state index contributed by atoms with van der Waals surface area (Å²) in [5.74, 6) is -1.05. The molecule has 0 spiro atoms. The first-order chi connectivity index (χ1) is 7.09. The van der Waals surface area contributed by atoms with Gasteiger partial charge >= 0.3 is 5.97 Å². The molecule has 0 aliphatic carbocycles. The van der Waals surface area contributed by atoms with Gasteiger partial charge in [-0.15, -0.1) is 0 Å². The third-order valence-electron chi connectivity index (χ3n) is 1.78. The molecule has 1 aromatic rings. The summed E-state index contributed by atoms with van der Waals surface area (Å²) in [5, 5.41) is 8.86. The molecule has 1 atom stereocenters. The molecule has 0 radical (unpaired) electrons. The van der Waals surface area contributed by atoms with Crippen LogP contribution in [0.25, 0.3) is 0 Å². The van der Waals surface area contributed by atoms with Gasteiger partial charge in [0.1, 0.15) is 0 Å². The van der Waals surface area contributed by atoms with E-state index >= 15 is 0 Å². The van der Waals surface area contributed by atoms with Crippen molar-refractivity contribution in [2.24, 2.45) is 0 Å². The molecule has 0 aliphatic heterocycles. The molecule has 1 rings (SSSR count). The smallest absolute Gasteiger partial charge is 0.345 e. The zero-order chi connectivity index (χ0) is 11.3. The van der Waals surface area contributed by atoms with E-state index in [1.165, 1.54) is 0 Å². The van der Waals surface area contributed by atoms with Crippen molar-refractivity contribution in [3.8, 4) is 0 Å². The lowest BCUT2D eigenvalue weighted by Crippen LogP contribution is -2.27. The summed E-state index contributed by atoms with van der Waals surface area (Å²) in [6.45, 7) is 0. The fourth-order valence-electron chi connectivity index (χ4n) is 1.13. The number of benzene rings is 1.